The first kappa shape index (κ1) is 18.8. The Morgan fingerprint density at radius 2 is 1.38 bits per heavy atom. The molecule has 1 aliphatic carbocycles. The van der Waals surface area contributed by atoms with Crippen LogP contribution in [0.1, 0.15) is 22.6 Å². The van der Waals surface area contributed by atoms with Crippen molar-refractivity contribution in [3.63, 3.8) is 0 Å². The van der Waals surface area contributed by atoms with Gasteiger partial charge in [0.25, 0.3) is 0 Å². The fraction of sp³-hybridized carbons (Fsp3) is 0.130. The van der Waals surface area contributed by atoms with Crippen LogP contribution in [0.5, 0.6) is 0 Å². The third kappa shape index (κ3) is 3.38. The summed E-state index contributed by atoms with van der Waals surface area (Å²) < 4.78 is 27.8. The summed E-state index contributed by atoms with van der Waals surface area (Å²) >= 11 is 0. The summed E-state index contributed by atoms with van der Waals surface area (Å²) in [6.07, 6.45) is -0.529. The zero-order chi connectivity index (χ0) is 20.5. The molecule has 0 aromatic heterocycles. The van der Waals surface area contributed by atoms with E-state index in [1.807, 2.05) is 48.5 Å². The average Bonchev–Trinajstić information content (AvgIpc) is 3.03. The number of fused-ring (bicyclic) bond motifs is 3. The van der Waals surface area contributed by atoms with Crippen molar-refractivity contribution < 1.29 is 18.4 Å². The average molecular weight is 392 g/mol. The van der Waals surface area contributed by atoms with Crippen LogP contribution in [0.3, 0.4) is 0 Å². The van der Waals surface area contributed by atoms with E-state index in [1.165, 1.54) is 6.07 Å². The third-order valence-corrected chi connectivity index (χ3v) is 5.24. The van der Waals surface area contributed by atoms with Crippen LogP contribution in [0.2, 0.25) is 0 Å². The third-order valence-electron chi connectivity index (χ3n) is 5.24. The zero-order valence-corrected chi connectivity index (χ0v) is 15.4. The molecule has 0 spiro atoms. The molecule has 0 radical (unpaired) electrons. The maximum atomic E-state index is 13.9. The highest BCUT2D eigenvalue weighted by Crippen LogP contribution is 2.46. The van der Waals surface area contributed by atoms with Gasteiger partial charge >= 0.3 is 0 Å². The van der Waals surface area contributed by atoms with Crippen LogP contribution in [-0.2, 0) is 16.0 Å². The highest BCUT2D eigenvalue weighted by atomic mass is 19.1. The Labute approximate surface area is 166 Å². The first-order valence-electron chi connectivity index (χ1n) is 9.17. The minimum Gasteiger partial charge on any atom is -0.368 e. The van der Waals surface area contributed by atoms with Gasteiger partial charge in [-0.05, 0) is 34.4 Å². The van der Waals surface area contributed by atoms with Crippen molar-refractivity contribution in [2.24, 2.45) is 5.73 Å². The van der Waals surface area contributed by atoms with E-state index in [1.54, 1.807) is 0 Å². The second-order valence-electron chi connectivity index (χ2n) is 6.98. The Morgan fingerprint density at radius 3 is 1.90 bits per heavy atom. The molecule has 0 fully saturated rings. The van der Waals surface area contributed by atoms with Gasteiger partial charge in [0.15, 0.2) is 0 Å². The van der Waals surface area contributed by atoms with Gasteiger partial charge in [-0.2, -0.15) is 0 Å². The molecule has 6 heteroatoms. The predicted octanol–water partition coefficient (Wildman–Crippen LogP) is 3.29. The van der Waals surface area contributed by atoms with E-state index < -0.39 is 41.8 Å². The lowest BCUT2D eigenvalue weighted by atomic mass is 9.88. The van der Waals surface area contributed by atoms with E-state index in [-0.39, 0.29) is 5.56 Å². The molecular weight excluding hydrogens is 374 g/mol. The molecule has 3 N–H and O–H groups in total. The standard InChI is InChI=1S/C23H18F2N2O2/c24-18-10-5-11-19(25)17(18)12-20(28)27-22(23(26)29)21-15-8-3-1-6-13(15)14-7-2-4-9-16(14)21/h1-11,21-22H,12H2,(H2,26,29)(H,27,28)/t22-/m1/s1. The lowest BCUT2D eigenvalue weighted by molar-refractivity contribution is -0.127. The topological polar surface area (TPSA) is 72.2 Å². The Morgan fingerprint density at radius 1 is 0.862 bits per heavy atom. The highest BCUT2D eigenvalue weighted by molar-refractivity contribution is 5.91. The van der Waals surface area contributed by atoms with Gasteiger partial charge < -0.3 is 11.1 Å². The van der Waals surface area contributed by atoms with Crippen molar-refractivity contribution >= 4 is 11.8 Å². The van der Waals surface area contributed by atoms with Gasteiger partial charge in [-0.15, -0.1) is 0 Å². The molecule has 29 heavy (non-hydrogen) atoms. The van der Waals surface area contributed by atoms with Gasteiger partial charge in [-0.3, -0.25) is 9.59 Å². The molecule has 1 aliphatic rings. The number of rotatable bonds is 5. The molecule has 0 heterocycles. The number of benzene rings is 3. The van der Waals surface area contributed by atoms with E-state index >= 15 is 0 Å². The Kier molecular flexibility index (Phi) is 4.84. The second kappa shape index (κ2) is 7.47. The molecule has 3 aromatic carbocycles. The minimum absolute atomic E-state index is 0.347. The predicted molar refractivity (Wildman–Crippen MR) is 105 cm³/mol. The first-order chi connectivity index (χ1) is 14.0. The number of carbonyl (C=O) groups is 2. The maximum Gasteiger partial charge on any atom is 0.240 e. The normalized spacial score (nSPS) is 13.4. The van der Waals surface area contributed by atoms with Crippen molar-refractivity contribution in [3.8, 4) is 11.1 Å². The molecular formula is C23H18F2N2O2. The van der Waals surface area contributed by atoms with E-state index in [0.717, 1.165) is 34.4 Å². The lowest BCUT2D eigenvalue weighted by Crippen LogP contribution is -2.48. The number of hydrogen-bond donors (Lipinski definition) is 2. The summed E-state index contributed by atoms with van der Waals surface area (Å²) in [5, 5.41) is 2.60. The zero-order valence-electron chi connectivity index (χ0n) is 15.4. The molecule has 2 amide bonds. The molecule has 4 nitrogen and oxygen atoms in total. The number of nitrogens with two attached hydrogens (primary N) is 1. The van der Waals surface area contributed by atoms with E-state index in [9.17, 15) is 18.4 Å². The van der Waals surface area contributed by atoms with E-state index in [2.05, 4.69) is 5.32 Å². The van der Waals surface area contributed by atoms with E-state index in [0.29, 0.717) is 0 Å². The first-order valence-corrected chi connectivity index (χ1v) is 9.17. The van der Waals surface area contributed by atoms with Crippen molar-refractivity contribution in [2.45, 2.75) is 18.4 Å². The van der Waals surface area contributed by atoms with Gasteiger partial charge in [0, 0.05) is 11.5 Å². The van der Waals surface area contributed by atoms with Crippen molar-refractivity contribution in [2.75, 3.05) is 0 Å². The SMILES string of the molecule is NC(=O)[C@H](NC(=O)Cc1c(F)cccc1F)C1c2ccccc2-c2ccccc21. The van der Waals surface area contributed by atoms with Crippen molar-refractivity contribution in [1.82, 2.24) is 5.32 Å². The van der Waals surface area contributed by atoms with Gasteiger partial charge in [0.05, 0.1) is 6.42 Å². The molecule has 3 aromatic rings. The molecule has 0 aliphatic heterocycles. The van der Waals surface area contributed by atoms with Crippen LogP contribution in [0.15, 0.2) is 66.7 Å². The minimum atomic E-state index is -1.05. The smallest absolute Gasteiger partial charge is 0.240 e. The van der Waals surface area contributed by atoms with Crippen LogP contribution in [0, 0.1) is 11.6 Å². The largest absolute Gasteiger partial charge is 0.368 e. The maximum absolute atomic E-state index is 13.9. The number of carbonyl (C=O) groups excluding carboxylic acids is 2. The van der Waals surface area contributed by atoms with Crippen LogP contribution in [0.25, 0.3) is 11.1 Å². The number of nitrogens with one attached hydrogen (secondary N) is 1. The fourth-order valence-corrected chi connectivity index (χ4v) is 3.96. The van der Waals surface area contributed by atoms with Crippen molar-refractivity contribution in [3.05, 3.63) is 95.1 Å². The molecule has 0 saturated heterocycles. The summed E-state index contributed by atoms with van der Waals surface area (Å²) in [6, 6.07) is 17.5. The Bertz CT molecular complexity index is 1050. The van der Waals surface area contributed by atoms with Gasteiger partial charge in [0.1, 0.15) is 17.7 Å². The number of primary amides is 1. The quantitative estimate of drug-likeness (QED) is 0.699. The van der Waals surface area contributed by atoms with Crippen LogP contribution < -0.4 is 11.1 Å². The number of halogens is 2. The Balaban J connectivity index is 1.67. The Hall–Kier alpha value is -3.54. The number of hydrogen-bond acceptors (Lipinski definition) is 2. The summed E-state index contributed by atoms with van der Waals surface area (Å²) in [4.78, 5) is 24.8. The summed E-state index contributed by atoms with van der Waals surface area (Å²) in [6.45, 7) is 0. The second-order valence-corrected chi connectivity index (χ2v) is 6.98. The van der Waals surface area contributed by atoms with Gasteiger partial charge in [-0.25, -0.2) is 8.78 Å². The molecule has 4 rings (SSSR count). The van der Waals surface area contributed by atoms with Crippen molar-refractivity contribution in [1.29, 1.82) is 0 Å². The van der Waals surface area contributed by atoms with Crippen LogP contribution in [-0.4, -0.2) is 17.9 Å². The van der Waals surface area contributed by atoms with Gasteiger partial charge in [-0.1, -0.05) is 54.6 Å². The molecule has 1 atom stereocenters. The summed E-state index contributed by atoms with van der Waals surface area (Å²) in [5.74, 6) is -3.50. The molecule has 0 unspecified atom stereocenters. The summed E-state index contributed by atoms with van der Waals surface area (Å²) in [5.41, 5.74) is 8.96. The summed E-state index contributed by atoms with van der Waals surface area (Å²) in [7, 11) is 0. The molecule has 0 saturated carbocycles. The monoisotopic (exact) mass is 392 g/mol. The highest BCUT2D eigenvalue weighted by Gasteiger charge is 2.37. The fourth-order valence-electron chi connectivity index (χ4n) is 3.96. The van der Waals surface area contributed by atoms with Crippen LogP contribution in [0.4, 0.5) is 8.78 Å². The van der Waals surface area contributed by atoms with Crippen LogP contribution >= 0.6 is 0 Å². The number of amides is 2. The lowest BCUT2D eigenvalue weighted by Gasteiger charge is -2.24. The van der Waals surface area contributed by atoms with Gasteiger partial charge in [0.2, 0.25) is 11.8 Å². The molecule has 0 bridgehead atoms. The van der Waals surface area contributed by atoms with E-state index in [4.69, 9.17) is 5.73 Å². The molecule has 146 valence electrons.